The molecule has 0 aliphatic rings. The summed E-state index contributed by atoms with van der Waals surface area (Å²) in [6.07, 6.45) is 5.72. The van der Waals surface area contributed by atoms with Crippen LogP contribution in [0.1, 0.15) is 41.0 Å². The van der Waals surface area contributed by atoms with Crippen LogP contribution in [-0.2, 0) is 0 Å². The van der Waals surface area contributed by atoms with Crippen LogP contribution in [0.2, 0.25) is 10.6 Å². The van der Waals surface area contributed by atoms with Gasteiger partial charge in [-0.05, 0) is 0 Å². The van der Waals surface area contributed by atoms with E-state index in [4.69, 9.17) is 0 Å². The van der Waals surface area contributed by atoms with E-state index in [2.05, 4.69) is 13.8 Å². The molecule has 0 aliphatic heterocycles. The molecule has 55 valence electrons. The second-order valence-electron chi connectivity index (χ2n) is 2.57. The van der Waals surface area contributed by atoms with Crippen LogP contribution in [0.5, 0.6) is 0 Å². The summed E-state index contributed by atoms with van der Waals surface area (Å²) in [5.41, 5.74) is 0. The van der Waals surface area contributed by atoms with E-state index in [0.29, 0.717) is 0 Å². The fourth-order valence-corrected chi connectivity index (χ4v) is 2.52. The fraction of sp³-hybridized carbons (Fsp3) is 1.00. The van der Waals surface area contributed by atoms with Gasteiger partial charge in [0.05, 0.1) is 0 Å². The van der Waals surface area contributed by atoms with Crippen molar-refractivity contribution in [2.24, 2.45) is 0 Å². The second kappa shape index (κ2) is 12.8. The molecule has 0 aliphatic carbocycles. The Kier molecular flexibility index (Phi) is 17.5. The SMILES string of the molecule is CCC[CH2][Al][CH2]CCC.[H-].[Li+]. The molecule has 0 bridgehead atoms. The number of unbranched alkanes of at least 4 members (excludes halogenated alkanes) is 2. The molecule has 0 aromatic carbocycles. The van der Waals surface area contributed by atoms with E-state index in [1.54, 1.807) is 0 Å². The van der Waals surface area contributed by atoms with Crippen molar-refractivity contribution in [3.05, 3.63) is 0 Å². The molecule has 0 aromatic heterocycles. The van der Waals surface area contributed by atoms with Crippen LogP contribution in [-0.4, -0.2) is 15.2 Å². The molecule has 1 radical (unpaired) electrons. The van der Waals surface area contributed by atoms with E-state index in [1.807, 2.05) is 0 Å². The molecule has 0 rings (SSSR count). The number of hydrogen-bond acceptors (Lipinski definition) is 0. The molecule has 0 aromatic rings. The molecular weight excluding hydrogens is 130 g/mol. The Bertz CT molecular complexity index is 47.4. The maximum Gasteiger partial charge on any atom is 1.00 e. The zero-order valence-electron chi connectivity index (χ0n) is 8.82. The van der Waals surface area contributed by atoms with Crippen LogP contribution in [0.15, 0.2) is 0 Å². The van der Waals surface area contributed by atoms with E-state index >= 15 is 0 Å². The summed E-state index contributed by atoms with van der Waals surface area (Å²) < 4.78 is 0. The van der Waals surface area contributed by atoms with Crippen molar-refractivity contribution >= 4 is 15.2 Å². The third kappa shape index (κ3) is 11.9. The van der Waals surface area contributed by atoms with Gasteiger partial charge < -0.3 is 1.43 Å². The van der Waals surface area contributed by atoms with E-state index < -0.39 is 0 Å². The summed E-state index contributed by atoms with van der Waals surface area (Å²) in [4.78, 5) is 0. The monoisotopic (exact) mass is 149 g/mol. The molecule has 0 fully saturated rings. The maximum atomic E-state index is 2.28. The van der Waals surface area contributed by atoms with Gasteiger partial charge in [-0.25, -0.2) is 0 Å². The zero-order chi connectivity index (χ0) is 6.95. The van der Waals surface area contributed by atoms with Gasteiger partial charge in [-0.15, -0.1) is 10.6 Å². The summed E-state index contributed by atoms with van der Waals surface area (Å²) in [5, 5.41) is 3.08. The van der Waals surface area contributed by atoms with Crippen LogP contribution < -0.4 is 18.9 Å². The van der Waals surface area contributed by atoms with Crippen LogP contribution in [0, 0.1) is 0 Å². The second-order valence-corrected chi connectivity index (χ2v) is 4.31. The summed E-state index contributed by atoms with van der Waals surface area (Å²) in [7, 11) is 0. The first-order chi connectivity index (χ1) is 4.41. The largest absolute Gasteiger partial charge is 1.00 e. The Morgan fingerprint density at radius 3 is 1.70 bits per heavy atom. The third-order valence-electron chi connectivity index (χ3n) is 1.52. The molecule has 0 nitrogen and oxygen atoms in total. The molecule has 0 saturated heterocycles. The zero-order valence-corrected chi connectivity index (χ0v) is 8.97. The number of rotatable bonds is 6. The molecule has 0 heterocycles. The molecule has 0 unspecified atom stereocenters. The van der Waals surface area contributed by atoms with E-state index in [9.17, 15) is 0 Å². The molecule has 0 saturated carbocycles. The third-order valence-corrected chi connectivity index (χ3v) is 3.16. The first-order valence-electron chi connectivity index (χ1n) is 4.23. The van der Waals surface area contributed by atoms with E-state index in [-0.39, 0.29) is 20.3 Å². The predicted molar refractivity (Wildman–Crippen MR) is 46.3 cm³/mol. The molecule has 0 atom stereocenters. The van der Waals surface area contributed by atoms with Gasteiger partial charge in [-0.1, -0.05) is 39.5 Å². The molecule has 0 spiro atoms. The average molecular weight is 149 g/mol. The van der Waals surface area contributed by atoms with Crippen LogP contribution in [0.25, 0.3) is 0 Å². The maximum absolute atomic E-state index is 2.28. The first kappa shape index (κ1) is 13.7. The Morgan fingerprint density at radius 1 is 1.00 bits per heavy atom. The van der Waals surface area contributed by atoms with Gasteiger partial charge in [0.15, 0.2) is 15.2 Å². The van der Waals surface area contributed by atoms with Crippen molar-refractivity contribution in [1.29, 1.82) is 0 Å². The summed E-state index contributed by atoms with van der Waals surface area (Å²) in [6.45, 7) is 4.55. The van der Waals surface area contributed by atoms with Gasteiger partial charge in [0.1, 0.15) is 0 Å². The molecular formula is C8H19AlLi. The standard InChI is InChI=1S/2C4H9.Al.Li.H/c2*1-3-4-2;;;/h2*1,3-4H2,2H3;;;/q;;;+1;-1. The fourth-order valence-electron chi connectivity index (χ4n) is 0.841. The topological polar surface area (TPSA) is 0 Å². The van der Waals surface area contributed by atoms with Gasteiger partial charge in [-0.2, -0.15) is 0 Å². The minimum Gasteiger partial charge on any atom is -1.00 e. The summed E-state index contributed by atoms with van der Waals surface area (Å²) >= 11 is 0.818. The van der Waals surface area contributed by atoms with Crippen LogP contribution in [0.4, 0.5) is 0 Å². The van der Waals surface area contributed by atoms with E-state index in [1.165, 1.54) is 36.2 Å². The van der Waals surface area contributed by atoms with Crippen LogP contribution in [0.3, 0.4) is 0 Å². The Labute approximate surface area is 85.5 Å². The van der Waals surface area contributed by atoms with Crippen molar-refractivity contribution in [1.82, 2.24) is 0 Å². The van der Waals surface area contributed by atoms with Gasteiger partial charge in [0, 0.05) is 0 Å². The summed E-state index contributed by atoms with van der Waals surface area (Å²) in [5.74, 6) is 0. The quantitative estimate of drug-likeness (QED) is 0.375. The van der Waals surface area contributed by atoms with Crippen molar-refractivity contribution in [2.75, 3.05) is 0 Å². The van der Waals surface area contributed by atoms with E-state index in [0.717, 1.165) is 15.2 Å². The Balaban J connectivity index is -0.000000320. The van der Waals surface area contributed by atoms with Gasteiger partial charge >= 0.3 is 18.9 Å². The normalized spacial score (nSPS) is 8.60. The average Bonchev–Trinajstić information content (AvgIpc) is 1.89. The number of hydrogen-bond donors (Lipinski definition) is 0. The van der Waals surface area contributed by atoms with Crippen molar-refractivity contribution in [3.8, 4) is 0 Å². The smallest absolute Gasteiger partial charge is 1.00 e. The first-order valence-corrected chi connectivity index (χ1v) is 5.86. The minimum absolute atomic E-state index is 0. The van der Waals surface area contributed by atoms with Crippen molar-refractivity contribution in [3.63, 3.8) is 0 Å². The van der Waals surface area contributed by atoms with Gasteiger partial charge in [0.25, 0.3) is 0 Å². The van der Waals surface area contributed by atoms with Crippen LogP contribution >= 0.6 is 0 Å². The van der Waals surface area contributed by atoms with Gasteiger partial charge in [0.2, 0.25) is 0 Å². The Hall–Kier alpha value is 1.13. The van der Waals surface area contributed by atoms with Crippen molar-refractivity contribution in [2.45, 2.75) is 50.1 Å². The molecule has 2 heteroatoms. The summed E-state index contributed by atoms with van der Waals surface area (Å²) in [6, 6.07) is 0. The van der Waals surface area contributed by atoms with Crippen molar-refractivity contribution < 1.29 is 20.3 Å². The Morgan fingerprint density at radius 2 is 1.40 bits per heavy atom. The molecule has 10 heavy (non-hydrogen) atoms. The predicted octanol–water partition coefficient (Wildman–Crippen LogP) is 0.244. The van der Waals surface area contributed by atoms with Gasteiger partial charge in [-0.3, -0.25) is 0 Å². The molecule has 0 N–H and O–H groups in total. The molecule has 0 amide bonds. The minimum atomic E-state index is 0.